The highest BCUT2D eigenvalue weighted by Gasteiger charge is 2.07. The minimum Gasteiger partial charge on any atom is -0.494 e. The number of ether oxygens (including phenoxy) is 2. The van der Waals surface area contributed by atoms with Crippen LogP contribution in [-0.2, 0) is 6.54 Å². The molecule has 0 aliphatic heterocycles. The lowest BCUT2D eigenvalue weighted by Crippen LogP contribution is -2.23. The summed E-state index contributed by atoms with van der Waals surface area (Å²) in [6.45, 7) is 10.5. The monoisotopic (exact) mass is 359 g/mol. The minimum atomic E-state index is 0.355. The van der Waals surface area contributed by atoms with Crippen LogP contribution in [0.4, 0.5) is 5.69 Å². The third-order valence-electron chi connectivity index (χ3n) is 3.74. The summed E-state index contributed by atoms with van der Waals surface area (Å²) in [4.78, 5) is 4.39. The standard InChI is InChI=1S/C19H29N5O2/c1-5-25-16-8-9-18(26-6-2)17(13-16)22-19(20)21-10-7-11-24-15(4)12-14(3)23-24/h8-9,12-13H,5-7,10-11H2,1-4H3,(H3,20,21,22). The first kappa shape index (κ1) is 19.6. The number of aromatic nitrogens is 2. The summed E-state index contributed by atoms with van der Waals surface area (Å²) >= 11 is 0. The average molecular weight is 359 g/mol. The van der Waals surface area contributed by atoms with E-state index in [1.807, 2.05) is 43.7 Å². The van der Waals surface area contributed by atoms with Crippen molar-refractivity contribution in [2.75, 3.05) is 25.1 Å². The molecule has 7 nitrogen and oxygen atoms in total. The molecule has 3 N–H and O–H groups in total. The number of guanidine groups is 1. The maximum absolute atomic E-state index is 6.03. The van der Waals surface area contributed by atoms with Gasteiger partial charge in [-0.1, -0.05) is 0 Å². The van der Waals surface area contributed by atoms with E-state index in [9.17, 15) is 0 Å². The molecule has 0 bridgehead atoms. The summed E-state index contributed by atoms with van der Waals surface area (Å²) in [6.07, 6.45) is 0.863. The Morgan fingerprint density at radius 1 is 1.19 bits per heavy atom. The second kappa shape index (κ2) is 9.70. The number of hydrogen-bond acceptors (Lipinski definition) is 4. The van der Waals surface area contributed by atoms with E-state index in [-0.39, 0.29) is 0 Å². The van der Waals surface area contributed by atoms with Gasteiger partial charge in [-0.15, -0.1) is 0 Å². The third kappa shape index (κ3) is 5.68. The zero-order valence-electron chi connectivity index (χ0n) is 16.1. The van der Waals surface area contributed by atoms with Gasteiger partial charge in [-0.3, -0.25) is 9.67 Å². The first-order chi connectivity index (χ1) is 12.5. The van der Waals surface area contributed by atoms with E-state index in [1.54, 1.807) is 0 Å². The number of rotatable bonds is 9. The minimum absolute atomic E-state index is 0.355. The van der Waals surface area contributed by atoms with Crippen LogP contribution in [0.2, 0.25) is 0 Å². The maximum atomic E-state index is 6.03. The molecule has 0 spiro atoms. The van der Waals surface area contributed by atoms with Gasteiger partial charge in [-0.25, -0.2) is 0 Å². The Kier molecular flexibility index (Phi) is 7.32. The first-order valence-corrected chi connectivity index (χ1v) is 9.01. The maximum Gasteiger partial charge on any atom is 0.193 e. The largest absolute Gasteiger partial charge is 0.494 e. The molecule has 2 rings (SSSR count). The Hall–Kier alpha value is -2.70. The molecule has 0 unspecified atom stereocenters. The second-order valence-corrected chi connectivity index (χ2v) is 5.92. The van der Waals surface area contributed by atoms with E-state index < -0.39 is 0 Å². The Bertz CT molecular complexity index is 740. The topological polar surface area (TPSA) is 86.7 Å². The lowest BCUT2D eigenvalue weighted by atomic mass is 10.2. The van der Waals surface area contributed by atoms with Crippen molar-refractivity contribution in [3.63, 3.8) is 0 Å². The van der Waals surface area contributed by atoms with Gasteiger partial charge in [0.1, 0.15) is 11.5 Å². The van der Waals surface area contributed by atoms with Crippen molar-refractivity contribution in [1.82, 2.24) is 9.78 Å². The van der Waals surface area contributed by atoms with E-state index in [1.165, 1.54) is 0 Å². The van der Waals surface area contributed by atoms with E-state index in [0.717, 1.165) is 41.5 Å². The highest BCUT2D eigenvalue weighted by atomic mass is 16.5. The van der Waals surface area contributed by atoms with Gasteiger partial charge >= 0.3 is 0 Å². The summed E-state index contributed by atoms with van der Waals surface area (Å²) in [5.74, 6) is 1.83. The fourth-order valence-electron chi connectivity index (χ4n) is 2.64. The predicted octanol–water partition coefficient (Wildman–Crippen LogP) is 3.11. The highest BCUT2D eigenvalue weighted by molar-refractivity contribution is 5.94. The molecule has 142 valence electrons. The molecule has 7 heteroatoms. The Labute approximate surface area is 155 Å². The SMILES string of the molecule is CCOc1ccc(OCC)c(NC(N)=NCCCn2nc(C)cc2C)c1. The predicted molar refractivity (Wildman–Crippen MR) is 105 cm³/mol. The van der Waals surface area contributed by atoms with Crippen LogP contribution in [0.5, 0.6) is 11.5 Å². The molecular formula is C19H29N5O2. The van der Waals surface area contributed by atoms with Crippen molar-refractivity contribution < 1.29 is 9.47 Å². The molecule has 1 aromatic carbocycles. The smallest absolute Gasteiger partial charge is 0.193 e. The summed E-state index contributed by atoms with van der Waals surface area (Å²) in [5.41, 5.74) is 8.97. The van der Waals surface area contributed by atoms with Crippen molar-refractivity contribution in [2.24, 2.45) is 10.7 Å². The molecule has 1 aromatic heterocycles. The quantitative estimate of drug-likeness (QED) is 0.408. The van der Waals surface area contributed by atoms with Crippen LogP contribution >= 0.6 is 0 Å². The zero-order valence-corrected chi connectivity index (χ0v) is 16.1. The summed E-state index contributed by atoms with van der Waals surface area (Å²) < 4.78 is 13.2. The molecule has 0 fully saturated rings. The average Bonchev–Trinajstić information content (AvgIpc) is 2.92. The van der Waals surface area contributed by atoms with Crippen molar-refractivity contribution in [3.8, 4) is 11.5 Å². The van der Waals surface area contributed by atoms with Crippen LogP contribution in [0, 0.1) is 13.8 Å². The first-order valence-electron chi connectivity index (χ1n) is 9.01. The van der Waals surface area contributed by atoms with E-state index in [0.29, 0.717) is 25.7 Å². The van der Waals surface area contributed by atoms with Crippen LogP contribution in [-0.4, -0.2) is 35.5 Å². The second-order valence-electron chi connectivity index (χ2n) is 5.92. The lowest BCUT2D eigenvalue weighted by molar-refractivity contribution is 0.332. The van der Waals surface area contributed by atoms with Gasteiger partial charge in [-0.2, -0.15) is 5.10 Å². The molecule has 0 radical (unpaired) electrons. The van der Waals surface area contributed by atoms with Gasteiger partial charge in [-0.05, 0) is 52.3 Å². The van der Waals surface area contributed by atoms with Crippen LogP contribution in [0.25, 0.3) is 0 Å². The van der Waals surface area contributed by atoms with Gasteiger partial charge in [0, 0.05) is 24.8 Å². The summed E-state index contributed by atoms with van der Waals surface area (Å²) in [6, 6.07) is 7.68. The highest BCUT2D eigenvalue weighted by Crippen LogP contribution is 2.29. The van der Waals surface area contributed by atoms with Crippen molar-refractivity contribution in [2.45, 2.75) is 40.7 Å². The number of anilines is 1. The van der Waals surface area contributed by atoms with Crippen LogP contribution in [0.3, 0.4) is 0 Å². The molecule has 26 heavy (non-hydrogen) atoms. The Balaban J connectivity index is 1.94. The van der Waals surface area contributed by atoms with E-state index in [2.05, 4.69) is 28.4 Å². The third-order valence-corrected chi connectivity index (χ3v) is 3.74. The molecule has 0 aliphatic carbocycles. The fraction of sp³-hybridized carbons (Fsp3) is 0.474. The molecule has 0 saturated heterocycles. The zero-order chi connectivity index (χ0) is 18.9. The summed E-state index contributed by atoms with van der Waals surface area (Å²) in [5, 5.41) is 7.55. The van der Waals surface area contributed by atoms with Crippen LogP contribution in [0.15, 0.2) is 29.3 Å². The molecule has 2 aromatic rings. The number of aryl methyl sites for hydroxylation is 3. The normalized spacial score (nSPS) is 11.5. The van der Waals surface area contributed by atoms with Crippen molar-refractivity contribution >= 4 is 11.6 Å². The number of hydrogen-bond donors (Lipinski definition) is 2. The van der Waals surface area contributed by atoms with E-state index >= 15 is 0 Å². The number of aliphatic imine (C=N–C) groups is 1. The van der Waals surface area contributed by atoms with Crippen LogP contribution < -0.4 is 20.5 Å². The Morgan fingerprint density at radius 2 is 1.96 bits per heavy atom. The van der Waals surface area contributed by atoms with Gasteiger partial charge in [0.2, 0.25) is 0 Å². The molecule has 0 atom stereocenters. The van der Waals surface area contributed by atoms with Gasteiger partial charge < -0.3 is 20.5 Å². The molecule has 0 aliphatic rings. The van der Waals surface area contributed by atoms with E-state index in [4.69, 9.17) is 15.2 Å². The van der Waals surface area contributed by atoms with Crippen LogP contribution in [0.1, 0.15) is 31.7 Å². The van der Waals surface area contributed by atoms with Crippen molar-refractivity contribution in [1.29, 1.82) is 0 Å². The number of nitrogens with zero attached hydrogens (tertiary/aromatic N) is 3. The van der Waals surface area contributed by atoms with Gasteiger partial charge in [0.05, 0.1) is 24.6 Å². The van der Waals surface area contributed by atoms with Gasteiger partial charge in [0.25, 0.3) is 0 Å². The molecule has 0 amide bonds. The fourth-order valence-corrected chi connectivity index (χ4v) is 2.64. The number of nitrogens with one attached hydrogen (secondary N) is 1. The van der Waals surface area contributed by atoms with Crippen molar-refractivity contribution in [3.05, 3.63) is 35.7 Å². The molecule has 0 saturated carbocycles. The summed E-state index contributed by atoms with van der Waals surface area (Å²) in [7, 11) is 0. The number of nitrogens with two attached hydrogens (primary N) is 1. The lowest BCUT2D eigenvalue weighted by Gasteiger charge is -2.14. The molecular weight excluding hydrogens is 330 g/mol. The molecule has 1 heterocycles. The Morgan fingerprint density at radius 3 is 2.62 bits per heavy atom. The van der Waals surface area contributed by atoms with Gasteiger partial charge in [0.15, 0.2) is 5.96 Å². The number of benzene rings is 1.